The van der Waals surface area contributed by atoms with E-state index in [1.807, 2.05) is 0 Å². The molecule has 1 unspecified atom stereocenters. The molecule has 0 aromatic carbocycles. The lowest BCUT2D eigenvalue weighted by atomic mass is 10.1. The first-order valence-electron chi connectivity index (χ1n) is 5.94. The molecule has 2 N–H and O–H groups in total. The Balaban J connectivity index is 3.64. The van der Waals surface area contributed by atoms with Crippen LogP contribution in [0.25, 0.3) is 0 Å². The van der Waals surface area contributed by atoms with Gasteiger partial charge in [-0.25, -0.2) is 0 Å². The normalized spacial score (nSPS) is 14.4. The quantitative estimate of drug-likeness (QED) is 0.627. The van der Waals surface area contributed by atoms with E-state index < -0.39 is 8.56 Å². The average molecular weight is 248 g/mol. The van der Waals surface area contributed by atoms with Crippen LogP contribution in [0.15, 0.2) is 0 Å². The SMILES string of the molecule is CO[Si](C)(CCCC(N)CCN(C)C)OC. The van der Waals surface area contributed by atoms with Gasteiger partial charge in [0.25, 0.3) is 0 Å². The Kier molecular flexibility index (Phi) is 8.22. The van der Waals surface area contributed by atoms with Crippen LogP contribution < -0.4 is 5.73 Å². The van der Waals surface area contributed by atoms with Gasteiger partial charge in [-0.05, 0) is 52.5 Å². The molecule has 4 nitrogen and oxygen atoms in total. The largest absolute Gasteiger partial charge is 0.398 e. The smallest absolute Gasteiger partial charge is 0.334 e. The molecular formula is C11H28N2O2Si. The molecule has 1 atom stereocenters. The highest BCUT2D eigenvalue weighted by molar-refractivity contribution is 6.65. The Morgan fingerprint density at radius 2 is 1.75 bits per heavy atom. The third-order valence-electron chi connectivity index (χ3n) is 3.02. The second-order valence-corrected chi connectivity index (χ2v) is 8.37. The summed E-state index contributed by atoms with van der Waals surface area (Å²) in [4.78, 5) is 2.17. The summed E-state index contributed by atoms with van der Waals surface area (Å²) in [6.07, 6.45) is 3.22. The molecule has 0 aromatic rings. The Hall–Kier alpha value is 0.0569. The molecule has 0 aliphatic heterocycles. The molecule has 0 aliphatic carbocycles. The molecule has 0 saturated carbocycles. The van der Waals surface area contributed by atoms with E-state index in [9.17, 15) is 0 Å². The molecule has 16 heavy (non-hydrogen) atoms. The summed E-state index contributed by atoms with van der Waals surface area (Å²) in [7, 11) is 5.75. The molecule has 0 aliphatic rings. The summed E-state index contributed by atoms with van der Waals surface area (Å²) in [6, 6.07) is 1.32. The van der Waals surface area contributed by atoms with Crippen LogP contribution in [-0.4, -0.2) is 54.4 Å². The lowest BCUT2D eigenvalue weighted by molar-refractivity contribution is 0.247. The van der Waals surface area contributed by atoms with E-state index in [-0.39, 0.29) is 0 Å². The third kappa shape index (κ3) is 7.35. The van der Waals surface area contributed by atoms with Gasteiger partial charge in [0.2, 0.25) is 0 Å². The minimum Gasteiger partial charge on any atom is -0.398 e. The van der Waals surface area contributed by atoms with Crippen LogP contribution in [0.2, 0.25) is 12.6 Å². The number of nitrogens with two attached hydrogens (primary N) is 1. The fourth-order valence-electron chi connectivity index (χ4n) is 1.54. The summed E-state index contributed by atoms with van der Waals surface area (Å²) in [5.41, 5.74) is 6.04. The van der Waals surface area contributed by atoms with Gasteiger partial charge in [-0.15, -0.1) is 0 Å². The van der Waals surface area contributed by atoms with Gasteiger partial charge in [-0.2, -0.15) is 0 Å². The lowest BCUT2D eigenvalue weighted by Crippen LogP contribution is -2.36. The van der Waals surface area contributed by atoms with Crippen molar-refractivity contribution in [1.29, 1.82) is 0 Å². The maximum Gasteiger partial charge on any atom is 0.334 e. The Morgan fingerprint density at radius 1 is 1.19 bits per heavy atom. The second-order valence-electron chi connectivity index (χ2n) is 4.79. The van der Waals surface area contributed by atoms with Crippen molar-refractivity contribution in [3.05, 3.63) is 0 Å². The third-order valence-corrected chi connectivity index (χ3v) is 6.01. The summed E-state index contributed by atoms with van der Waals surface area (Å²) >= 11 is 0. The number of rotatable bonds is 9. The predicted octanol–water partition coefficient (Wildman–Crippen LogP) is 1.41. The van der Waals surface area contributed by atoms with Crippen LogP contribution >= 0.6 is 0 Å². The van der Waals surface area contributed by atoms with Gasteiger partial charge in [-0.1, -0.05) is 0 Å². The molecule has 0 spiro atoms. The first kappa shape index (κ1) is 16.1. The average Bonchev–Trinajstić information content (AvgIpc) is 2.26. The Bertz CT molecular complexity index is 175. The molecule has 0 rings (SSSR count). The van der Waals surface area contributed by atoms with Crippen molar-refractivity contribution in [3.63, 3.8) is 0 Å². The van der Waals surface area contributed by atoms with Crippen molar-refractivity contribution in [2.24, 2.45) is 5.73 Å². The highest BCUT2D eigenvalue weighted by Gasteiger charge is 2.27. The Labute approximate surface area is 101 Å². The van der Waals surface area contributed by atoms with Gasteiger partial charge >= 0.3 is 8.56 Å². The maximum absolute atomic E-state index is 6.04. The molecule has 0 heterocycles. The van der Waals surface area contributed by atoms with Crippen molar-refractivity contribution in [2.45, 2.75) is 37.9 Å². The second kappa shape index (κ2) is 8.19. The predicted molar refractivity (Wildman–Crippen MR) is 70.8 cm³/mol. The van der Waals surface area contributed by atoms with Crippen molar-refractivity contribution < 1.29 is 8.85 Å². The molecule has 0 radical (unpaired) electrons. The summed E-state index contributed by atoms with van der Waals surface area (Å²) in [5, 5.41) is 0. The van der Waals surface area contributed by atoms with E-state index in [1.165, 1.54) is 0 Å². The highest BCUT2D eigenvalue weighted by Crippen LogP contribution is 2.16. The van der Waals surface area contributed by atoms with Gasteiger partial charge in [0.15, 0.2) is 0 Å². The first-order chi connectivity index (χ1) is 7.43. The topological polar surface area (TPSA) is 47.7 Å². The minimum absolute atomic E-state index is 0.300. The Morgan fingerprint density at radius 3 is 2.19 bits per heavy atom. The number of nitrogens with zero attached hydrogens (tertiary/aromatic N) is 1. The fraction of sp³-hybridized carbons (Fsp3) is 1.00. The zero-order valence-corrected chi connectivity index (χ0v) is 12.5. The monoisotopic (exact) mass is 248 g/mol. The molecule has 0 saturated heterocycles. The van der Waals surface area contributed by atoms with Gasteiger partial charge in [0.1, 0.15) is 0 Å². The van der Waals surface area contributed by atoms with Crippen LogP contribution in [0.5, 0.6) is 0 Å². The summed E-state index contributed by atoms with van der Waals surface area (Å²) in [6.45, 7) is 3.16. The van der Waals surface area contributed by atoms with Crippen molar-refractivity contribution in [1.82, 2.24) is 4.90 Å². The first-order valence-corrected chi connectivity index (χ1v) is 8.46. The van der Waals surface area contributed by atoms with Gasteiger partial charge in [-0.3, -0.25) is 0 Å². The molecular weight excluding hydrogens is 220 g/mol. The molecule has 0 amide bonds. The van der Waals surface area contributed by atoms with E-state index in [4.69, 9.17) is 14.6 Å². The van der Waals surface area contributed by atoms with Gasteiger partial charge < -0.3 is 19.5 Å². The summed E-state index contributed by atoms with van der Waals surface area (Å²) in [5.74, 6) is 0. The van der Waals surface area contributed by atoms with Crippen LogP contribution in [0.3, 0.4) is 0 Å². The standard InChI is InChI=1S/C11H28N2O2Si/c1-13(2)9-8-11(12)7-6-10-16(5,14-3)15-4/h11H,6-10,12H2,1-5H3. The van der Waals surface area contributed by atoms with Crippen LogP contribution in [0, 0.1) is 0 Å². The molecule has 0 fully saturated rings. The molecule has 0 bridgehead atoms. The van der Waals surface area contributed by atoms with Crippen LogP contribution in [-0.2, 0) is 8.85 Å². The lowest BCUT2D eigenvalue weighted by Gasteiger charge is -2.23. The zero-order chi connectivity index (χ0) is 12.6. The van der Waals surface area contributed by atoms with E-state index >= 15 is 0 Å². The van der Waals surface area contributed by atoms with Crippen LogP contribution in [0.1, 0.15) is 19.3 Å². The van der Waals surface area contributed by atoms with Gasteiger partial charge in [0, 0.05) is 20.3 Å². The van der Waals surface area contributed by atoms with E-state index in [1.54, 1.807) is 14.2 Å². The molecule has 5 heteroatoms. The van der Waals surface area contributed by atoms with Crippen molar-refractivity contribution in [3.8, 4) is 0 Å². The fourth-order valence-corrected chi connectivity index (χ4v) is 2.96. The maximum atomic E-state index is 6.04. The number of hydrogen-bond acceptors (Lipinski definition) is 4. The zero-order valence-electron chi connectivity index (χ0n) is 11.5. The van der Waals surface area contributed by atoms with Crippen LogP contribution in [0.4, 0.5) is 0 Å². The van der Waals surface area contributed by atoms with E-state index in [2.05, 4.69) is 25.5 Å². The molecule has 98 valence electrons. The van der Waals surface area contributed by atoms with Crippen molar-refractivity contribution in [2.75, 3.05) is 34.9 Å². The summed E-state index contributed by atoms with van der Waals surface area (Å²) < 4.78 is 10.9. The minimum atomic E-state index is -1.87. The highest BCUT2D eigenvalue weighted by atomic mass is 28.4. The van der Waals surface area contributed by atoms with E-state index in [0.717, 1.165) is 31.9 Å². The van der Waals surface area contributed by atoms with Gasteiger partial charge in [0.05, 0.1) is 0 Å². The van der Waals surface area contributed by atoms with E-state index in [0.29, 0.717) is 6.04 Å². The van der Waals surface area contributed by atoms with Crippen molar-refractivity contribution >= 4 is 8.56 Å². The molecule has 0 aromatic heterocycles. The number of hydrogen-bond donors (Lipinski definition) is 1.